The first-order chi connectivity index (χ1) is 27.7. The van der Waals surface area contributed by atoms with Gasteiger partial charge in [0.1, 0.15) is 0 Å². The van der Waals surface area contributed by atoms with Crippen molar-refractivity contribution >= 4 is 11.9 Å². The first kappa shape index (κ1) is 51.8. The predicted octanol–water partition coefficient (Wildman–Crippen LogP) is 13.7. The van der Waals surface area contributed by atoms with Crippen LogP contribution in [0, 0.1) is 0 Å². The van der Waals surface area contributed by atoms with Crippen molar-refractivity contribution in [2.75, 3.05) is 52.5 Å². The quantitative estimate of drug-likeness (QED) is 0.0350. The van der Waals surface area contributed by atoms with Crippen molar-refractivity contribution < 1.29 is 19.1 Å². The smallest absolute Gasteiger partial charge is 0.307 e. The fourth-order valence-corrected chi connectivity index (χ4v) is 7.23. The maximum atomic E-state index is 12.6. The van der Waals surface area contributed by atoms with Gasteiger partial charge in [-0.15, -0.1) is 0 Å². The van der Waals surface area contributed by atoms with Crippen molar-refractivity contribution in [3.63, 3.8) is 0 Å². The summed E-state index contributed by atoms with van der Waals surface area (Å²) in [5, 5.41) is 0. The van der Waals surface area contributed by atoms with Crippen molar-refractivity contribution in [3.8, 4) is 0 Å². The molecule has 0 unspecified atom stereocenters. The van der Waals surface area contributed by atoms with Crippen LogP contribution in [0.15, 0.2) is 48.6 Å². The topological polar surface area (TPSA) is 59.1 Å². The summed E-state index contributed by atoms with van der Waals surface area (Å²) in [4.78, 5) is 30.0. The number of carbonyl (C=O) groups excluding carboxylic acids is 2. The summed E-state index contributed by atoms with van der Waals surface area (Å²) >= 11 is 0. The summed E-state index contributed by atoms with van der Waals surface area (Å²) in [5.74, 6) is -0.234. The molecule has 0 aliphatic carbocycles. The van der Waals surface area contributed by atoms with Gasteiger partial charge in [0, 0.05) is 13.1 Å². The maximum absolute atomic E-state index is 12.6. The van der Waals surface area contributed by atoms with E-state index in [4.69, 9.17) is 9.47 Å². The Kier molecular flexibility index (Phi) is 39.3. The molecule has 1 rings (SSSR count). The molecule has 0 bridgehead atoms. The van der Waals surface area contributed by atoms with Crippen LogP contribution < -0.4 is 0 Å². The van der Waals surface area contributed by atoms with Crippen molar-refractivity contribution in [1.82, 2.24) is 9.80 Å². The number of unbranched alkanes of at least 4 members (excludes halogenated alkanes) is 18. The van der Waals surface area contributed by atoms with E-state index in [-0.39, 0.29) is 11.9 Å². The van der Waals surface area contributed by atoms with Crippen LogP contribution >= 0.6 is 0 Å². The molecule has 0 atom stereocenters. The first-order valence-corrected chi connectivity index (χ1v) is 24.0. The Hall–Kier alpha value is -2.18. The average molecular weight is 783 g/mol. The van der Waals surface area contributed by atoms with Gasteiger partial charge in [-0.2, -0.15) is 0 Å². The Bertz CT molecular complexity index is 918. The van der Waals surface area contributed by atoms with Gasteiger partial charge in [-0.25, -0.2) is 0 Å². The number of piperidine rings is 1. The lowest BCUT2D eigenvalue weighted by atomic mass is 10.1. The summed E-state index contributed by atoms with van der Waals surface area (Å²) < 4.78 is 11.2. The Morgan fingerprint density at radius 2 is 0.857 bits per heavy atom. The van der Waals surface area contributed by atoms with Crippen molar-refractivity contribution in [1.29, 1.82) is 0 Å². The number of nitrogens with zero attached hydrogens (tertiary/aromatic N) is 2. The van der Waals surface area contributed by atoms with Crippen molar-refractivity contribution in [3.05, 3.63) is 48.6 Å². The number of carbonyl (C=O) groups is 2. The van der Waals surface area contributed by atoms with Gasteiger partial charge in [0.2, 0.25) is 0 Å². The Labute approximate surface area is 347 Å². The number of hydrogen-bond acceptors (Lipinski definition) is 6. The highest BCUT2D eigenvalue weighted by atomic mass is 16.5. The third-order valence-electron chi connectivity index (χ3n) is 10.9. The van der Waals surface area contributed by atoms with Gasteiger partial charge in [-0.1, -0.05) is 146 Å². The molecule has 0 spiro atoms. The zero-order valence-corrected chi connectivity index (χ0v) is 37.0. The number of rotatable bonds is 40. The number of likely N-dealkylation sites (tertiary alicyclic amines) is 1. The summed E-state index contributed by atoms with van der Waals surface area (Å²) in [6.45, 7) is 11.2. The SMILES string of the molecule is CCCCC/C=C\C/C=C\CCCCCCCCOC(=O)CCN(CCCN1CCCCC1)CCC(=O)OCCCCCCCC/C=C\C/C=C\CCCCC. The van der Waals surface area contributed by atoms with Gasteiger partial charge in [-0.05, 0) is 122 Å². The predicted molar refractivity (Wildman–Crippen MR) is 241 cm³/mol. The molecule has 0 N–H and O–H groups in total. The Balaban J connectivity index is 2.13. The molecule has 1 saturated heterocycles. The minimum absolute atomic E-state index is 0.117. The fourth-order valence-electron chi connectivity index (χ4n) is 7.23. The van der Waals surface area contributed by atoms with Crippen LogP contribution in [0.25, 0.3) is 0 Å². The van der Waals surface area contributed by atoms with E-state index in [1.807, 2.05) is 0 Å². The van der Waals surface area contributed by atoms with Gasteiger partial charge >= 0.3 is 11.9 Å². The molecule has 1 aliphatic rings. The van der Waals surface area contributed by atoms with Crippen LogP contribution in [0.5, 0.6) is 0 Å². The number of esters is 2. The van der Waals surface area contributed by atoms with Gasteiger partial charge in [0.05, 0.1) is 26.1 Å². The molecule has 0 saturated carbocycles. The first-order valence-electron chi connectivity index (χ1n) is 24.0. The lowest BCUT2D eigenvalue weighted by Gasteiger charge is -2.28. The monoisotopic (exact) mass is 783 g/mol. The van der Waals surface area contributed by atoms with Crippen LogP contribution in [0.2, 0.25) is 0 Å². The van der Waals surface area contributed by atoms with Gasteiger partial charge in [0.15, 0.2) is 0 Å². The number of allylic oxidation sites excluding steroid dienone is 8. The summed E-state index contributed by atoms with van der Waals surface area (Å²) in [6.07, 6.45) is 53.2. The van der Waals surface area contributed by atoms with E-state index in [0.29, 0.717) is 39.1 Å². The molecule has 6 heteroatoms. The van der Waals surface area contributed by atoms with Crippen LogP contribution in [0.3, 0.4) is 0 Å². The molecule has 324 valence electrons. The van der Waals surface area contributed by atoms with E-state index in [2.05, 4.69) is 72.3 Å². The molecule has 1 heterocycles. The van der Waals surface area contributed by atoms with Crippen LogP contribution in [0.1, 0.15) is 206 Å². The number of hydrogen-bond donors (Lipinski definition) is 0. The third-order valence-corrected chi connectivity index (χ3v) is 10.9. The fraction of sp³-hybridized carbons (Fsp3) is 0.800. The zero-order valence-electron chi connectivity index (χ0n) is 37.0. The molecular weight excluding hydrogens is 693 g/mol. The van der Waals surface area contributed by atoms with E-state index < -0.39 is 0 Å². The molecule has 0 radical (unpaired) electrons. The highest BCUT2D eigenvalue weighted by Gasteiger charge is 2.14. The van der Waals surface area contributed by atoms with E-state index >= 15 is 0 Å². The van der Waals surface area contributed by atoms with Crippen molar-refractivity contribution in [2.45, 2.75) is 206 Å². The largest absolute Gasteiger partial charge is 0.466 e. The minimum atomic E-state index is -0.117. The molecule has 1 fully saturated rings. The van der Waals surface area contributed by atoms with Crippen molar-refractivity contribution in [2.24, 2.45) is 0 Å². The second-order valence-corrected chi connectivity index (χ2v) is 16.2. The van der Waals surface area contributed by atoms with Crippen LogP contribution in [-0.4, -0.2) is 74.2 Å². The van der Waals surface area contributed by atoms with E-state index in [9.17, 15) is 9.59 Å². The van der Waals surface area contributed by atoms with Gasteiger partial charge in [-0.3, -0.25) is 9.59 Å². The van der Waals surface area contributed by atoms with Crippen LogP contribution in [-0.2, 0) is 19.1 Å². The molecule has 0 amide bonds. The molecule has 0 aromatic rings. The van der Waals surface area contributed by atoms with Gasteiger partial charge in [0.25, 0.3) is 0 Å². The third kappa shape index (κ3) is 37.4. The summed E-state index contributed by atoms with van der Waals surface area (Å²) in [7, 11) is 0. The highest BCUT2D eigenvalue weighted by Crippen LogP contribution is 2.12. The lowest BCUT2D eigenvalue weighted by molar-refractivity contribution is -0.144. The highest BCUT2D eigenvalue weighted by molar-refractivity contribution is 5.70. The average Bonchev–Trinajstić information content (AvgIpc) is 3.21. The summed E-state index contributed by atoms with van der Waals surface area (Å²) in [6, 6.07) is 0. The molecule has 1 aliphatic heterocycles. The summed E-state index contributed by atoms with van der Waals surface area (Å²) in [5.41, 5.74) is 0. The van der Waals surface area contributed by atoms with E-state index in [1.54, 1.807) is 0 Å². The maximum Gasteiger partial charge on any atom is 0.307 e. The zero-order chi connectivity index (χ0) is 40.3. The van der Waals surface area contributed by atoms with Crippen LogP contribution in [0.4, 0.5) is 0 Å². The number of ether oxygens (including phenoxy) is 2. The lowest BCUT2D eigenvalue weighted by Crippen LogP contribution is -2.35. The molecule has 6 nitrogen and oxygen atoms in total. The molecular formula is C50H90N2O4. The van der Waals surface area contributed by atoms with E-state index in [1.165, 1.54) is 148 Å². The molecule has 56 heavy (non-hydrogen) atoms. The Morgan fingerprint density at radius 1 is 0.464 bits per heavy atom. The molecule has 0 aromatic heterocycles. The van der Waals surface area contributed by atoms with Gasteiger partial charge < -0.3 is 19.3 Å². The second kappa shape index (κ2) is 42.4. The standard InChI is InChI=1S/C50H90N2O4/c1-3-5-7-9-11-13-15-17-19-21-23-25-27-29-31-36-47-55-49(53)39-45-52(44-38-43-51-41-34-33-35-42-51)46-40-50(54)56-48-37-32-30-28-26-24-22-20-18-16-14-12-10-8-6-4-2/h11-14,17-20H,3-10,15-16,21-48H2,1-2H3/b13-11-,14-12-,19-17-,20-18-. The van der Waals surface area contributed by atoms with E-state index in [0.717, 1.165) is 58.0 Å². The second-order valence-electron chi connectivity index (χ2n) is 16.2. The normalized spacial score (nSPS) is 14.1. The minimum Gasteiger partial charge on any atom is -0.466 e. The Morgan fingerprint density at radius 3 is 1.29 bits per heavy atom. The molecule has 0 aromatic carbocycles.